The Kier molecular flexibility index (Phi) is 11.7. The van der Waals surface area contributed by atoms with Gasteiger partial charge in [0.15, 0.2) is 11.4 Å². The van der Waals surface area contributed by atoms with Crippen LogP contribution >= 0.6 is 0 Å². The van der Waals surface area contributed by atoms with Gasteiger partial charge in [-0.3, -0.25) is 19.8 Å². The van der Waals surface area contributed by atoms with E-state index in [1.54, 1.807) is 12.3 Å². The van der Waals surface area contributed by atoms with Gasteiger partial charge in [0.05, 0.1) is 59.1 Å². The molecule has 6 aliphatic rings. The van der Waals surface area contributed by atoms with Crippen LogP contribution in [0, 0.1) is 15.5 Å². The highest BCUT2D eigenvalue weighted by Crippen LogP contribution is 2.55. The smallest absolute Gasteiger partial charge is 0.297 e. The average molecular weight is 961 g/mol. The number of carbonyl (C=O) groups is 1. The zero-order chi connectivity index (χ0) is 47.8. The fourth-order valence-electron chi connectivity index (χ4n) is 11.8. The highest BCUT2D eigenvalue weighted by atomic mass is 32.2. The van der Waals surface area contributed by atoms with Gasteiger partial charge in [0.1, 0.15) is 24.0 Å². The number of ether oxygens (including phenoxy) is 4. The van der Waals surface area contributed by atoms with Crippen LogP contribution in [-0.4, -0.2) is 111 Å². The molecule has 1 aliphatic carbocycles. The van der Waals surface area contributed by atoms with E-state index in [0.717, 1.165) is 49.6 Å². The van der Waals surface area contributed by atoms with Crippen LogP contribution in [0.25, 0.3) is 11.0 Å². The Bertz CT molecular complexity index is 2910. The topological polar surface area (TPSA) is 194 Å². The van der Waals surface area contributed by atoms with E-state index < -0.39 is 43.6 Å². The SMILES string of the molecule is CC(C)OC[C@@H]1COc2cc(S(=O)(=O)NC(=O)c3ccc(N4CCC5(CC4)CC(N4CCC[C@H]4c4ccccc4C(C)C)C5)cc3N3c4cc5cc[nH]c5nc4O[C@H]4COC[C@@H]43)cc([N+](=O)[O-])c2N1. The van der Waals surface area contributed by atoms with Crippen molar-refractivity contribution in [2.45, 2.75) is 113 Å². The van der Waals surface area contributed by atoms with E-state index in [9.17, 15) is 23.3 Å². The molecule has 364 valence electrons. The normalized spacial score (nSPS) is 23.3. The molecule has 1 spiro atoms. The van der Waals surface area contributed by atoms with E-state index in [1.165, 1.54) is 42.9 Å². The lowest BCUT2D eigenvalue weighted by Crippen LogP contribution is -2.55. The van der Waals surface area contributed by atoms with Crippen LogP contribution in [0.3, 0.4) is 0 Å². The van der Waals surface area contributed by atoms with Gasteiger partial charge in [0.2, 0.25) is 5.88 Å². The largest absolute Gasteiger partial charge is 0.489 e. The number of nitrogens with zero attached hydrogens (tertiary/aromatic N) is 5. The molecule has 17 nitrogen and oxygen atoms in total. The maximum atomic E-state index is 14.7. The van der Waals surface area contributed by atoms with Crippen LogP contribution in [0.1, 0.15) is 99.7 Å². The molecule has 5 aromatic rings. The lowest BCUT2D eigenvalue weighted by molar-refractivity contribution is -0.384. The molecule has 0 radical (unpaired) electrons. The first-order valence-corrected chi connectivity index (χ1v) is 25.9. The van der Waals surface area contributed by atoms with Crippen LogP contribution < -0.4 is 29.3 Å². The molecular formula is C51H60N8O9S. The predicted octanol–water partition coefficient (Wildman–Crippen LogP) is 8.20. The van der Waals surface area contributed by atoms with Crippen molar-refractivity contribution >= 4 is 55.4 Å². The number of nitro groups is 1. The number of sulfonamides is 1. The van der Waals surface area contributed by atoms with Crippen molar-refractivity contribution in [2.24, 2.45) is 5.41 Å². The molecule has 3 aromatic carbocycles. The monoisotopic (exact) mass is 960 g/mol. The van der Waals surface area contributed by atoms with Crippen molar-refractivity contribution < 1.29 is 37.1 Å². The first kappa shape index (κ1) is 45.5. The molecule has 5 aliphatic heterocycles. The number of hydrogen-bond donors (Lipinski definition) is 3. The minimum atomic E-state index is -4.69. The minimum Gasteiger partial charge on any atom is -0.489 e. The number of fused-ring (bicyclic) bond motifs is 4. The summed E-state index contributed by atoms with van der Waals surface area (Å²) < 4.78 is 54.7. The molecule has 11 rings (SSSR count). The summed E-state index contributed by atoms with van der Waals surface area (Å²) in [6.45, 7) is 12.1. The molecule has 1 amide bonds. The van der Waals surface area contributed by atoms with Crippen LogP contribution in [-0.2, 0) is 19.5 Å². The van der Waals surface area contributed by atoms with Crippen LogP contribution in [0.2, 0.25) is 0 Å². The van der Waals surface area contributed by atoms with E-state index >= 15 is 0 Å². The van der Waals surface area contributed by atoms with Gasteiger partial charge in [-0.1, -0.05) is 38.1 Å². The van der Waals surface area contributed by atoms with E-state index in [1.807, 2.05) is 43.0 Å². The summed E-state index contributed by atoms with van der Waals surface area (Å²) in [7, 11) is -4.69. The Balaban J connectivity index is 0.879. The second-order valence-corrected chi connectivity index (χ2v) is 22.0. The summed E-state index contributed by atoms with van der Waals surface area (Å²) >= 11 is 0. The fourth-order valence-corrected chi connectivity index (χ4v) is 12.8. The van der Waals surface area contributed by atoms with Crippen LogP contribution in [0.4, 0.5) is 28.4 Å². The van der Waals surface area contributed by atoms with Crippen molar-refractivity contribution in [1.82, 2.24) is 19.6 Å². The maximum absolute atomic E-state index is 14.7. The van der Waals surface area contributed by atoms with Gasteiger partial charge in [-0.15, -0.1) is 0 Å². The lowest BCUT2D eigenvalue weighted by Gasteiger charge is -2.56. The summed E-state index contributed by atoms with van der Waals surface area (Å²) in [5.74, 6) is -0.0757. The number of H-pyrrole nitrogens is 1. The standard InChI is InChI=1S/C51H60N8O9S/c1-30(2)37-8-5-6-9-38(37)40-10-7-17-57(40)35-24-51(25-35)14-18-56(19-15-51)34-11-12-39(41(21-34)58-43-20-32-13-16-52-48(32)54-50(43)68-46-29-65-28-44(46)58)49(60)55-69(63,64)36-22-42(59(61)62)47-45(23-36)67-27-33(53-47)26-66-31(3)4/h5-6,8-9,11-13,16,20-23,30-31,33,35,40,44,46,53H,7,10,14-15,17-19,24-29H2,1-4H3,(H,52,54)(H,55,60)/t33-,40+,44+,46+/m1/s1. The van der Waals surface area contributed by atoms with Gasteiger partial charge in [0, 0.05) is 54.6 Å². The van der Waals surface area contributed by atoms with Gasteiger partial charge in [0.25, 0.3) is 21.6 Å². The second-order valence-electron chi connectivity index (χ2n) is 20.3. The fraction of sp³-hybridized carbons (Fsp3) is 0.490. The number of benzene rings is 3. The molecule has 1 saturated carbocycles. The lowest BCUT2D eigenvalue weighted by atomic mass is 9.59. The average Bonchev–Trinajstić information content (AvgIpc) is 4.12. The van der Waals surface area contributed by atoms with Gasteiger partial charge in [-0.2, -0.15) is 4.98 Å². The molecule has 0 unspecified atom stereocenters. The van der Waals surface area contributed by atoms with Crippen molar-refractivity contribution in [3.05, 3.63) is 99.7 Å². The number of anilines is 4. The Morgan fingerprint density at radius 3 is 2.59 bits per heavy atom. The number of rotatable bonds is 12. The van der Waals surface area contributed by atoms with Crippen LogP contribution in [0.15, 0.2) is 77.8 Å². The third-order valence-corrected chi connectivity index (χ3v) is 16.6. The molecule has 3 saturated heterocycles. The highest BCUT2D eigenvalue weighted by Gasteiger charge is 2.50. The molecule has 3 N–H and O–H groups in total. The first-order chi connectivity index (χ1) is 33.2. The van der Waals surface area contributed by atoms with Crippen molar-refractivity contribution in [3.63, 3.8) is 0 Å². The van der Waals surface area contributed by atoms with E-state index in [4.69, 9.17) is 23.9 Å². The summed E-state index contributed by atoms with van der Waals surface area (Å²) in [4.78, 5) is 41.0. The number of pyridine rings is 1. The number of piperidine rings is 1. The predicted molar refractivity (Wildman–Crippen MR) is 262 cm³/mol. The molecular weight excluding hydrogens is 901 g/mol. The third kappa shape index (κ3) is 8.42. The number of nitro benzene ring substituents is 1. The van der Waals surface area contributed by atoms with Crippen molar-refractivity contribution in [1.29, 1.82) is 0 Å². The number of likely N-dealkylation sites (tertiary alicyclic amines) is 1. The molecule has 18 heteroatoms. The Morgan fingerprint density at radius 2 is 1.81 bits per heavy atom. The summed E-state index contributed by atoms with van der Waals surface area (Å²) in [5, 5.41) is 16.3. The van der Waals surface area contributed by atoms with Crippen molar-refractivity contribution in [2.75, 3.05) is 61.2 Å². The Morgan fingerprint density at radius 1 is 1.00 bits per heavy atom. The molecule has 2 aromatic heterocycles. The maximum Gasteiger partial charge on any atom is 0.297 e. The number of amides is 1. The molecule has 4 fully saturated rings. The minimum absolute atomic E-state index is 0.0166. The Labute approximate surface area is 402 Å². The molecule has 4 atom stereocenters. The summed E-state index contributed by atoms with van der Waals surface area (Å²) in [6.07, 6.45) is 8.22. The van der Waals surface area contributed by atoms with Gasteiger partial charge in [-0.05, 0) is 112 Å². The molecule has 7 heterocycles. The van der Waals surface area contributed by atoms with Gasteiger partial charge in [-0.25, -0.2) is 13.1 Å². The summed E-state index contributed by atoms with van der Waals surface area (Å²) in [6, 6.07) is 20.8. The third-order valence-electron chi connectivity index (χ3n) is 15.3. The first-order valence-electron chi connectivity index (χ1n) is 24.4. The van der Waals surface area contributed by atoms with Gasteiger partial charge < -0.3 is 39.0 Å². The quantitative estimate of drug-likeness (QED) is 0.0800. The number of aromatic nitrogens is 2. The zero-order valence-electron chi connectivity index (χ0n) is 39.5. The zero-order valence-corrected chi connectivity index (χ0v) is 40.3. The Hall–Kier alpha value is -5.95. The number of aromatic amines is 1. The number of hydrogen-bond acceptors (Lipinski definition) is 14. The summed E-state index contributed by atoms with van der Waals surface area (Å²) in [5.41, 5.74) is 5.49. The number of carbonyl (C=O) groups excluding carboxylic acids is 1. The van der Waals surface area contributed by atoms with E-state index in [-0.39, 0.29) is 47.8 Å². The van der Waals surface area contributed by atoms with Crippen LogP contribution in [0.5, 0.6) is 11.6 Å². The second kappa shape index (κ2) is 17.8. The van der Waals surface area contributed by atoms with E-state index in [2.05, 4.69) is 62.9 Å². The molecule has 0 bridgehead atoms. The molecule has 69 heavy (non-hydrogen) atoms. The van der Waals surface area contributed by atoms with E-state index in [0.29, 0.717) is 54.1 Å². The van der Waals surface area contributed by atoms with Gasteiger partial charge >= 0.3 is 0 Å². The highest BCUT2D eigenvalue weighted by molar-refractivity contribution is 7.90. The van der Waals surface area contributed by atoms with Crippen molar-refractivity contribution in [3.8, 4) is 11.6 Å². The number of nitrogens with one attached hydrogen (secondary N) is 3.